The summed E-state index contributed by atoms with van der Waals surface area (Å²) in [6, 6.07) is 6.94. The van der Waals surface area contributed by atoms with Gasteiger partial charge in [0.25, 0.3) is 0 Å². The molecule has 2 nitrogen and oxygen atoms in total. The lowest BCUT2D eigenvalue weighted by atomic mass is 9.77. The van der Waals surface area contributed by atoms with E-state index in [-0.39, 0.29) is 11.6 Å². The number of allylic oxidation sites excluding steroid dienone is 4. The van der Waals surface area contributed by atoms with E-state index in [4.69, 9.17) is 11.6 Å². The van der Waals surface area contributed by atoms with E-state index in [0.717, 1.165) is 0 Å². The van der Waals surface area contributed by atoms with E-state index >= 15 is 0 Å². The van der Waals surface area contributed by atoms with E-state index in [1.54, 1.807) is 36.4 Å². The molecule has 0 saturated carbocycles. The topological polar surface area (TPSA) is 34.1 Å². The molecule has 0 spiro atoms. The number of fused-ring (bicyclic) bond motifs is 1. The normalized spacial score (nSPS) is 26.1. The van der Waals surface area contributed by atoms with Crippen molar-refractivity contribution in [3.63, 3.8) is 0 Å². The maximum atomic E-state index is 12.4. The maximum Gasteiger partial charge on any atom is 0.194 e. The Hall–Kier alpha value is -1.67. The first kappa shape index (κ1) is 11.4. The molecule has 0 N–H and O–H groups in total. The molecule has 0 radical (unpaired) electrons. The van der Waals surface area contributed by atoms with Crippen LogP contribution in [0.1, 0.15) is 34.1 Å². The lowest BCUT2D eigenvalue weighted by Gasteiger charge is -2.28. The molecule has 0 aromatic heterocycles. The van der Waals surface area contributed by atoms with Gasteiger partial charge in [0, 0.05) is 22.3 Å². The van der Waals surface area contributed by atoms with Crippen LogP contribution in [0.4, 0.5) is 0 Å². The number of alkyl halides is 1. The van der Waals surface area contributed by atoms with Gasteiger partial charge in [-0.1, -0.05) is 36.4 Å². The Balaban J connectivity index is 2.20. The molecule has 2 aliphatic rings. The Kier molecular flexibility index (Phi) is 2.32. The number of hydrogen-bond acceptors (Lipinski definition) is 2. The largest absolute Gasteiger partial charge is 0.289 e. The van der Waals surface area contributed by atoms with Gasteiger partial charge in [0.1, 0.15) is 0 Å². The van der Waals surface area contributed by atoms with E-state index in [0.29, 0.717) is 28.7 Å². The van der Waals surface area contributed by atoms with Gasteiger partial charge in [-0.25, -0.2) is 0 Å². The minimum absolute atomic E-state index is 0.0728. The summed E-state index contributed by atoms with van der Waals surface area (Å²) in [4.78, 5) is 24.1. The van der Waals surface area contributed by atoms with Crippen molar-refractivity contribution in [3.05, 3.63) is 58.7 Å². The van der Waals surface area contributed by atoms with E-state index in [1.807, 2.05) is 6.92 Å². The summed E-state index contributed by atoms with van der Waals surface area (Å²) in [7, 11) is 0. The molecule has 18 heavy (non-hydrogen) atoms. The van der Waals surface area contributed by atoms with Gasteiger partial charge < -0.3 is 0 Å². The number of halogens is 1. The van der Waals surface area contributed by atoms with Gasteiger partial charge in [0.15, 0.2) is 11.6 Å². The van der Waals surface area contributed by atoms with Crippen molar-refractivity contribution in [2.45, 2.75) is 18.2 Å². The Bertz CT molecular complexity index is 636. The van der Waals surface area contributed by atoms with Crippen molar-refractivity contribution in [2.24, 2.45) is 0 Å². The van der Waals surface area contributed by atoms with Crippen molar-refractivity contribution >= 4 is 23.2 Å². The number of carbonyl (C=O) groups excluding carboxylic acids is 2. The van der Waals surface area contributed by atoms with Gasteiger partial charge >= 0.3 is 0 Å². The smallest absolute Gasteiger partial charge is 0.194 e. The maximum absolute atomic E-state index is 12.4. The van der Waals surface area contributed by atoms with Gasteiger partial charge in [0.2, 0.25) is 0 Å². The number of carbonyl (C=O) groups is 2. The molecular formula is C15H11ClO2. The summed E-state index contributed by atoms with van der Waals surface area (Å²) in [6.45, 7) is 1.84. The average molecular weight is 259 g/mol. The van der Waals surface area contributed by atoms with Crippen LogP contribution in [-0.4, -0.2) is 16.4 Å². The summed E-state index contributed by atoms with van der Waals surface area (Å²) in [6.07, 6.45) is 3.87. The molecule has 1 aromatic rings. The molecule has 3 heteroatoms. The van der Waals surface area contributed by atoms with Crippen molar-refractivity contribution in [3.8, 4) is 0 Å². The van der Waals surface area contributed by atoms with Crippen LogP contribution < -0.4 is 0 Å². The minimum atomic E-state index is -0.582. The molecule has 0 aliphatic heterocycles. The third-order valence-electron chi connectivity index (χ3n) is 3.38. The van der Waals surface area contributed by atoms with Gasteiger partial charge in [-0.15, -0.1) is 11.6 Å². The van der Waals surface area contributed by atoms with Crippen LogP contribution in [0.3, 0.4) is 0 Å². The standard InChI is InChI=1S/C15H11ClO2/c1-15(16)7-6-11-12(8-15)14(18)10-5-3-2-4-9(10)13(11)17/h2-7H,8H2,1H3. The summed E-state index contributed by atoms with van der Waals surface area (Å²) >= 11 is 6.25. The zero-order valence-electron chi connectivity index (χ0n) is 9.87. The predicted octanol–water partition coefficient (Wildman–Crippen LogP) is 3.32. The third kappa shape index (κ3) is 1.57. The van der Waals surface area contributed by atoms with Gasteiger partial charge in [-0.05, 0) is 13.3 Å². The zero-order chi connectivity index (χ0) is 12.9. The molecule has 1 atom stereocenters. The van der Waals surface area contributed by atoms with Crippen LogP contribution in [-0.2, 0) is 0 Å². The van der Waals surface area contributed by atoms with Crippen LogP contribution in [0, 0.1) is 0 Å². The molecular weight excluding hydrogens is 248 g/mol. The Labute approximate surface area is 110 Å². The summed E-state index contributed by atoms with van der Waals surface area (Å²) in [5.74, 6) is -0.153. The van der Waals surface area contributed by atoms with E-state index in [1.165, 1.54) is 0 Å². The van der Waals surface area contributed by atoms with Gasteiger partial charge in [-0.2, -0.15) is 0 Å². The average Bonchev–Trinajstić information content (AvgIpc) is 2.35. The highest BCUT2D eigenvalue weighted by molar-refractivity contribution is 6.31. The summed E-state index contributed by atoms with van der Waals surface area (Å²) in [5.41, 5.74) is 2.02. The SMILES string of the molecule is CC1(Cl)C=CC2=C(C1)C(=O)c1ccccc1C2=O. The highest BCUT2D eigenvalue weighted by Crippen LogP contribution is 2.38. The molecule has 0 bridgehead atoms. The van der Waals surface area contributed by atoms with Crippen LogP contribution in [0.25, 0.3) is 0 Å². The summed E-state index contributed by atoms with van der Waals surface area (Å²) < 4.78 is 0. The number of rotatable bonds is 0. The molecule has 1 unspecified atom stereocenters. The fourth-order valence-corrected chi connectivity index (χ4v) is 2.66. The fourth-order valence-electron chi connectivity index (χ4n) is 2.46. The Morgan fingerprint density at radius 3 is 2.39 bits per heavy atom. The van der Waals surface area contributed by atoms with Crippen molar-refractivity contribution in [1.82, 2.24) is 0 Å². The van der Waals surface area contributed by atoms with E-state index in [9.17, 15) is 9.59 Å². The molecule has 3 rings (SSSR count). The molecule has 0 fully saturated rings. The number of Topliss-reactive ketones (excluding diaryl/α,β-unsaturated/α-hetero) is 2. The fraction of sp³-hybridized carbons (Fsp3) is 0.200. The third-order valence-corrected chi connectivity index (χ3v) is 3.64. The van der Waals surface area contributed by atoms with Crippen molar-refractivity contribution < 1.29 is 9.59 Å². The van der Waals surface area contributed by atoms with Gasteiger partial charge in [0.05, 0.1) is 4.87 Å². The molecule has 0 heterocycles. The first-order chi connectivity index (χ1) is 8.49. The first-order valence-electron chi connectivity index (χ1n) is 5.79. The molecule has 2 aliphatic carbocycles. The highest BCUT2D eigenvalue weighted by atomic mass is 35.5. The minimum Gasteiger partial charge on any atom is -0.289 e. The number of benzene rings is 1. The second kappa shape index (κ2) is 3.66. The molecule has 1 aromatic carbocycles. The number of hydrogen-bond donors (Lipinski definition) is 0. The van der Waals surface area contributed by atoms with Crippen LogP contribution in [0.5, 0.6) is 0 Å². The van der Waals surface area contributed by atoms with Gasteiger partial charge in [-0.3, -0.25) is 9.59 Å². The second-order valence-electron chi connectivity index (χ2n) is 4.88. The molecule has 0 saturated heterocycles. The van der Waals surface area contributed by atoms with Crippen molar-refractivity contribution in [1.29, 1.82) is 0 Å². The first-order valence-corrected chi connectivity index (χ1v) is 6.17. The number of ketones is 2. The van der Waals surface area contributed by atoms with Crippen molar-refractivity contribution in [2.75, 3.05) is 0 Å². The van der Waals surface area contributed by atoms with Crippen LogP contribution >= 0.6 is 11.6 Å². The van der Waals surface area contributed by atoms with Crippen LogP contribution in [0.15, 0.2) is 47.6 Å². The quantitative estimate of drug-likeness (QED) is 0.669. The lowest BCUT2D eigenvalue weighted by Crippen LogP contribution is -2.28. The van der Waals surface area contributed by atoms with E-state index in [2.05, 4.69) is 0 Å². The lowest BCUT2D eigenvalue weighted by molar-refractivity contribution is 0.0973. The Morgan fingerprint density at radius 1 is 1.11 bits per heavy atom. The zero-order valence-corrected chi connectivity index (χ0v) is 10.6. The van der Waals surface area contributed by atoms with E-state index < -0.39 is 4.87 Å². The predicted molar refractivity (Wildman–Crippen MR) is 70.1 cm³/mol. The molecule has 0 amide bonds. The summed E-state index contributed by atoms with van der Waals surface area (Å²) in [5, 5.41) is 0. The second-order valence-corrected chi connectivity index (χ2v) is 5.75. The molecule has 90 valence electrons. The Morgan fingerprint density at radius 2 is 1.72 bits per heavy atom. The van der Waals surface area contributed by atoms with Crippen LogP contribution in [0.2, 0.25) is 0 Å². The highest BCUT2D eigenvalue weighted by Gasteiger charge is 2.36. The monoisotopic (exact) mass is 258 g/mol.